The number of aromatic nitrogens is 1. The van der Waals surface area contributed by atoms with Crippen LogP contribution in [0, 0.1) is 12.3 Å². The standard InChI is InChI=1S/C64H85N9O8S/c1-46-26-41-82-57(46)51-21-19-48(20-22-51)44-69-60(76)55-18-13-33-73(55)61(77)58(63(3,4)5)71-56(74)25-36-79-38-40-80-39-37-78-34-9-7-8-10-35-81-54-17-11-14-49(42-54)45-68-59(75)52-15-12-16-53(43-52)72-64(27-31-67-32-28-64)62(65-6)70-47(2)50-23-29-66-30-24-50/h11-12,14-17,19-24,26,29-30,41-43,55,58,67,72H,2,7-10,13,18,25,27-28,31-40,44-45H2,1,3-6H3,(H,65,70)(H,68,75)(H,69,76)(H,71,74)/t55-,58?/m0/s1. The van der Waals surface area contributed by atoms with E-state index in [-0.39, 0.29) is 36.7 Å². The number of nitrogens with one attached hydrogen (secondary N) is 6. The number of hydrogen-bond acceptors (Lipinski definition) is 13. The highest BCUT2D eigenvalue weighted by Gasteiger charge is 2.42. The maximum Gasteiger partial charge on any atom is 0.251 e. The predicted molar refractivity (Wildman–Crippen MR) is 326 cm³/mol. The summed E-state index contributed by atoms with van der Waals surface area (Å²) in [4.78, 5) is 65.6. The predicted octanol–water partition coefficient (Wildman–Crippen LogP) is 9.09. The van der Waals surface area contributed by atoms with Crippen molar-refractivity contribution in [2.75, 3.05) is 78.2 Å². The second-order valence-electron chi connectivity index (χ2n) is 22.0. The SMILES string of the molecule is C=C(N/C(=N\C)C1(Nc2cccc(C(=O)NCc3cccc(OCCCCCCOCCOCCOCCC(=O)NC(C(=O)N4CCC[C@H]4C(=O)NCc4ccc(-c5sccc5C)cc4)C(C)(C)C)c3)c2)CCNCC1)c1ccncc1. The number of rotatable bonds is 31. The summed E-state index contributed by atoms with van der Waals surface area (Å²) in [5.41, 5.74) is 6.32. The van der Waals surface area contributed by atoms with E-state index in [4.69, 9.17) is 18.9 Å². The Hall–Kier alpha value is -6.96. The van der Waals surface area contributed by atoms with Gasteiger partial charge in [0.15, 0.2) is 0 Å². The zero-order valence-electron chi connectivity index (χ0n) is 48.6. The summed E-state index contributed by atoms with van der Waals surface area (Å²) in [5.74, 6) is 0.670. The van der Waals surface area contributed by atoms with Gasteiger partial charge in [0.05, 0.1) is 45.2 Å². The van der Waals surface area contributed by atoms with Gasteiger partial charge in [-0.1, -0.05) is 76.2 Å². The molecule has 0 radical (unpaired) electrons. The molecule has 82 heavy (non-hydrogen) atoms. The Bertz CT molecular complexity index is 2870. The fraction of sp³-hybridized carbons (Fsp3) is 0.469. The molecule has 5 aromatic rings. The lowest BCUT2D eigenvalue weighted by Crippen LogP contribution is -2.57. The van der Waals surface area contributed by atoms with Gasteiger partial charge in [0.1, 0.15) is 23.7 Å². The van der Waals surface area contributed by atoms with Crippen molar-refractivity contribution in [2.45, 2.75) is 116 Å². The van der Waals surface area contributed by atoms with Crippen LogP contribution in [0.25, 0.3) is 16.1 Å². The zero-order valence-corrected chi connectivity index (χ0v) is 49.4. The molecule has 0 bridgehead atoms. The molecular formula is C64H85N9O8S. The van der Waals surface area contributed by atoms with E-state index in [0.717, 1.165) is 103 Å². The number of thiophene rings is 1. The Balaban J connectivity index is 0.699. The monoisotopic (exact) mass is 1140 g/mol. The summed E-state index contributed by atoms with van der Waals surface area (Å²) in [6, 6.07) is 28.2. The number of likely N-dealkylation sites (tertiary alicyclic amines) is 1. The summed E-state index contributed by atoms with van der Waals surface area (Å²) in [7, 11) is 1.79. The molecule has 4 heterocycles. The number of hydrogen-bond donors (Lipinski definition) is 6. The zero-order chi connectivity index (χ0) is 58.2. The number of unbranched alkanes of at least 4 members (excludes halogenated alkanes) is 3. The minimum absolute atomic E-state index is 0.0941. The van der Waals surface area contributed by atoms with Gasteiger partial charge in [-0.15, -0.1) is 11.3 Å². The van der Waals surface area contributed by atoms with Gasteiger partial charge in [-0.3, -0.25) is 29.2 Å². The molecule has 440 valence electrons. The van der Waals surface area contributed by atoms with E-state index in [1.54, 1.807) is 35.7 Å². The van der Waals surface area contributed by atoms with Crippen LogP contribution in [0.5, 0.6) is 5.75 Å². The van der Waals surface area contributed by atoms with Crippen LogP contribution in [0.15, 0.2) is 120 Å². The molecule has 7 rings (SSSR count). The summed E-state index contributed by atoms with van der Waals surface area (Å²) < 4.78 is 23.2. The first-order valence-electron chi connectivity index (χ1n) is 28.9. The number of amidine groups is 1. The van der Waals surface area contributed by atoms with Crippen molar-refractivity contribution in [2.24, 2.45) is 10.4 Å². The molecule has 1 unspecified atom stereocenters. The number of pyridine rings is 1. The molecule has 2 saturated heterocycles. The van der Waals surface area contributed by atoms with Gasteiger partial charge in [0.2, 0.25) is 17.7 Å². The highest BCUT2D eigenvalue weighted by atomic mass is 32.1. The lowest BCUT2D eigenvalue weighted by Gasteiger charge is -2.40. The van der Waals surface area contributed by atoms with Crippen LogP contribution in [0.2, 0.25) is 0 Å². The summed E-state index contributed by atoms with van der Waals surface area (Å²) in [6.45, 7) is 18.0. The number of ether oxygens (including phenoxy) is 4. The normalized spacial score (nSPS) is 15.5. The summed E-state index contributed by atoms with van der Waals surface area (Å²) in [6.07, 6.45) is 10.3. The Morgan fingerprint density at radius 1 is 0.805 bits per heavy atom. The fourth-order valence-corrected chi connectivity index (χ4v) is 11.1. The molecule has 18 heteroatoms. The third-order valence-electron chi connectivity index (χ3n) is 14.8. The first kappa shape index (κ1) is 62.6. The van der Waals surface area contributed by atoms with Gasteiger partial charge in [-0.05, 0) is 147 Å². The largest absolute Gasteiger partial charge is 0.494 e. The molecular weight excluding hydrogens is 1050 g/mol. The second-order valence-corrected chi connectivity index (χ2v) is 22.9. The van der Waals surface area contributed by atoms with Crippen molar-refractivity contribution in [3.8, 4) is 16.2 Å². The average Bonchev–Trinajstić information content (AvgIpc) is 4.18. The molecule has 2 aromatic heterocycles. The van der Waals surface area contributed by atoms with Crippen LogP contribution >= 0.6 is 11.3 Å². The van der Waals surface area contributed by atoms with Gasteiger partial charge in [0.25, 0.3) is 5.91 Å². The number of benzene rings is 3. The van der Waals surface area contributed by atoms with Crippen LogP contribution in [-0.4, -0.2) is 130 Å². The molecule has 4 amide bonds. The van der Waals surface area contributed by atoms with Crippen LogP contribution < -0.4 is 36.6 Å². The molecule has 2 aliphatic heterocycles. The number of amides is 4. The van der Waals surface area contributed by atoms with Gasteiger partial charge < -0.3 is 55.7 Å². The number of aliphatic imine (C=N–C) groups is 1. The van der Waals surface area contributed by atoms with Crippen LogP contribution in [-0.2, 0) is 41.7 Å². The maximum atomic E-state index is 14.0. The molecule has 0 aliphatic carbocycles. The molecule has 0 saturated carbocycles. The van der Waals surface area contributed by atoms with E-state index in [1.165, 1.54) is 10.4 Å². The molecule has 2 aliphatic rings. The van der Waals surface area contributed by atoms with Crippen molar-refractivity contribution >= 4 is 52.2 Å². The Morgan fingerprint density at radius 3 is 2.21 bits per heavy atom. The van der Waals surface area contributed by atoms with E-state index in [1.807, 2.05) is 93.6 Å². The van der Waals surface area contributed by atoms with Crippen LogP contribution in [0.3, 0.4) is 0 Å². The van der Waals surface area contributed by atoms with Crippen molar-refractivity contribution in [1.29, 1.82) is 0 Å². The van der Waals surface area contributed by atoms with Crippen molar-refractivity contribution in [3.05, 3.63) is 143 Å². The van der Waals surface area contributed by atoms with E-state index >= 15 is 0 Å². The lowest BCUT2D eigenvalue weighted by molar-refractivity contribution is -0.144. The molecule has 2 fully saturated rings. The molecule has 2 atom stereocenters. The highest BCUT2D eigenvalue weighted by Crippen LogP contribution is 2.31. The van der Waals surface area contributed by atoms with Gasteiger partial charge in [-0.2, -0.15) is 0 Å². The van der Waals surface area contributed by atoms with Crippen molar-refractivity contribution < 1.29 is 38.1 Å². The molecule has 17 nitrogen and oxygen atoms in total. The van der Waals surface area contributed by atoms with Crippen LogP contribution in [0.1, 0.15) is 111 Å². The van der Waals surface area contributed by atoms with E-state index in [9.17, 15) is 19.2 Å². The van der Waals surface area contributed by atoms with Gasteiger partial charge in [0, 0.05) is 79.5 Å². The first-order valence-corrected chi connectivity index (χ1v) is 29.8. The second kappa shape index (κ2) is 32.0. The quantitative estimate of drug-likeness (QED) is 0.0140. The number of anilines is 1. The van der Waals surface area contributed by atoms with Crippen LogP contribution in [0.4, 0.5) is 5.69 Å². The van der Waals surface area contributed by atoms with E-state index in [2.05, 4.69) is 79.0 Å². The number of carbonyl (C=O) groups is 4. The Morgan fingerprint density at radius 2 is 1.50 bits per heavy atom. The van der Waals surface area contributed by atoms with Gasteiger partial charge in [-0.25, -0.2) is 0 Å². The summed E-state index contributed by atoms with van der Waals surface area (Å²) in [5, 5.41) is 21.8. The fourth-order valence-electron chi connectivity index (χ4n) is 10.1. The topological polar surface area (TPSA) is 206 Å². The first-order chi connectivity index (χ1) is 39.7. The van der Waals surface area contributed by atoms with Crippen molar-refractivity contribution in [1.82, 2.24) is 36.5 Å². The number of nitrogens with zero attached hydrogens (tertiary/aromatic N) is 3. The molecule has 3 aromatic carbocycles. The minimum atomic E-state index is -0.797. The Labute approximate surface area is 488 Å². The highest BCUT2D eigenvalue weighted by molar-refractivity contribution is 7.13. The third-order valence-corrected chi connectivity index (χ3v) is 15.8. The number of aryl methyl sites for hydroxylation is 1. The number of carbonyl (C=O) groups excluding carboxylic acids is 4. The number of piperidine rings is 1. The molecule has 6 N–H and O–H groups in total. The Kier molecular flexibility index (Phi) is 24.5. The van der Waals surface area contributed by atoms with E-state index in [0.29, 0.717) is 71.3 Å². The average molecular weight is 1140 g/mol. The minimum Gasteiger partial charge on any atom is -0.494 e. The lowest BCUT2D eigenvalue weighted by atomic mass is 9.85. The molecule has 0 spiro atoms. The van der Waals surface area contributed by atoms with Gasteiger partial charge >= 0.3 is 0 Å². The third kappa shape index (κ3) is 19.1. The maximum absolute atomic E-state index is 14.0. The van der Waals surface area contributed by atoms with E-state index < -0.39 is 23.0 Å². The summed E-state index contributed by atoms with van der Waals surface area (Å²) >= 11 is 1.71. The van der Waals surface area contributed by atoms with Crippen molar-refractivity contribution in [3.63, 3.8) is 0 Å². The smallest absolute Gasteiger partial charge is 0.251 e.